The molecular formula is C20H20F3N3O5S. The van der Waals surface area contributed by atoms with Gasteiger partial charge in [-0.1, -0.05) is 18.2 Å². The Kier molecular flexibility index (Phi) is 6.63. The molecule has 1 heterocycles. The lowest BCUT2D eigenvalue weighted by Gasteiger charge is -2.31. The van der Waals surface area contributed by atoms with E-state index in [2.05, 4.69) is 9.46 Å². The number of piperidine rings is 1. The van der Waals surface area contributed by atoms with Crippen LogP contribution >= 0.6 is 0 Å². The summed E-state index contributed by atoms with van der Waals surface area (Å²) in [5.41, 5.74) is 5.34. The van der Waals surface area contributed by atoms with Gasteiger partial charge in [-0.2, -0.15) is 0 Å². The lowest BCUT2D eigenvalue weighted by molar-refractivity contribution is -0.274. The molecule has 12 heteroatoms. The number of carbonyl (C=O) groups is 2. The first-order valence-corrected chi connectivity index (χ1v) is 11.0. The molecule has 0 aliphatic carbocycles. The summed E-state index contributed by atoms with van der Waals surface area (Å²) < 4.78 is 68.9. The standard InChI is InChI=1S/C20H20F3N3O5S/c21-20(22,23)31-14-4-3-5-15(12-14)32(29,30)25-17-7-2-1-6-16(17)19(28)26-10-8-13(9-11-26)18(24)27/h1-7,12-13,25H,8-11H2,(H2,24,27). The molecule has 172 valence electrons. The summed E-state index contributed by atoms with van der Waals surface area (Å²) in [7, 11) is -4.33. The van der Waals surface area contributed by atoms with E-state index in [4.69, 9.17) is 5.73 Å². The topological polar surface area (TPSA) is 119 Å². The quantitative estimate of drug-likeness (QED) is 0.672. The van der Waals surface area contributed by atoms with E-state index >= 15 is 0 Å². The molecule has 0 radical (unpaired) electrons. The van der Waals surface area contributed by atoms with Crippen molar-refractivity contribution in [3.63, 3.8) is 0 Å². The van der Waals surface area contributed by atoms with Crippen LogP contribution in [0.3, 0.4) is 0 Å². The van der Waals surface area contributed by atoms with Gasteiger partial charge in [0.2, 0.25) is 5.91 Å². The number of benzene rings is 2. The fourth-order valence-electron chi connectivity index (χ4n) is 3.34. The maximum atomic E-state index is 13.0. The van der Waals surface area contributed by atoms with Gasteiger partial charge in [-0.05, 0) is 37.1 Å². The average molecular weight is 471 g/mol. The van der Waals surface area contributed by atoms with Gasteiger partial charge in [0.15, 0.2) is 0 Å². The zero-order valence-corrected chi connectivity index (χ0v) is 17.4. The first kappa shape index (κ1) is 23.4. The number of anilines is 1. The second-order valence-corrected chi connectivity index (χ2v) is 8.82. The smallest absolute Gasteiger partial charge is 0.406 e. The van der Waals surface area contributed by atoms with Gasteiger partial charge in [-0.25, -0.2) is 8.42 Å². The average Bonchev–Trinajstić information content (AvgIpc) is 2.72. The Morgan fingerprint density at radius 2 is 1.72 bits per heavy atom. The van der Waals surface area contributed by atoms with Gasteiger partial charge >= 0.3 is 6.36 Å². The Hall–Kier alpha value is -3.28. The van der Waals surface area contributed by atoms with Gasteiger partial charge in [-0.15, -0.1) is 13.2 Å². The number of alkyl halides is 3. The van der Waals surface area contributed by atoms with Crippen molar-refractivity contribution in [2.75, 3.05) is 17.8 Å². The van der Waals surface area contributed by atoms with Crippen LogP contribution in [-0.2, 0) is 14.8 Å². The molecular weight excluding hydrogens is 451 g/mol. The number of likely N-dealkylation sites (tertiary alicyclic amines) is 1. The van der Waals surface area contributed by atoms with Crippen molar-refractivity contribution in [2.24, 2.45) is 11.7 Å². The molecule has 0 atom stereocenters. The van der Waals surface area contributed by atoms with Crippen molar-refractivity contribution in [3.05, 3.63) is 54.1 Å². The van der Waals surface area contributed by atoms with E-state index in [-0.39, 0.29) is 30.3 Å². The highest BCUT2D eigenvalue weighted by atomic mass is 32.2. The molecule has 1 aliphatic rings. The third kappa shape index (κ3) is 5.69. The highest BCUT2D eigenvalue weighted by Crippen LogP contribution is 2.28. The van der Waals surface area contributed by atoms with Crippen molar-refractivity contribution in [1.82, 2.24) is 4.90 Å². The van der Waals surface area contributed by atoms with Crippen molar-refractivity contribution < 1.29 is 35.9 Å². The number of nitrogens with one attached hydrogen (secondary N) is 1. The maximum Gasteiger partial charge on any atom is 0.573 e. The summed E-state index contributed by atoms with van der Waals surface area (Å²) in [5.74, 6) is -1.89. The molecule has 0 aromatic heterocycles. The number of hydrogen-bond donors (Lipinski definition) is 2. The highest BCUT2D eigenvalue weighted by Gasteiger charge is 2.32. The van der Waals surface area contributed by atoms with Gasteiger partial charge in [-0.3, -0.25) is 14.3 Å². The van der Waals surface area contributed by atoms with Crippen LogP contribution in [0.1, 0.15) is 23.2 Å². The Bertz CT molecular complexity index is 1110. The highest BCUT2D eigenvalue weighted by molar-refractivity contribution is 7.92. The lowest BCUT2D eigenvalue weighted by Crippen LogP contribution is -2.42. The number of para-hydroxylation sites is 1. The number of sulfonamides is 1. The van der Waals surface area contributed by atoms with E-state index in [9.17, 15) is 31.2 Å². The van der Waals surface area contributed by atoms with Crippen LogP contribution in [0.4, 0.5) is 18.9 Å². The minimum atomic E-state index is -4.98. The molecule has 2 amide bonds. The molecule has 0 bridgehead atoms. The molecule has 3 rings (SSSR count). The molecule has 2 aromatic rings. The third-order valence-electron chi connectivity index (χ3n) is 4.94. The molecule has 2 aromatic carbocycles. The number of rotatable bonds is 6. The Balaban J connectivity index is 1.81. The number of carbonyl (C=O) groups excluding carboxylic acids is 2. The molecule has 0 spiro atoms. The third-order valence-corrected chi connectivity index (χ3v) is 6.30. The van der Waals surface area contributed by atoms with E-state index in [1.807, 2.05) is 0 Å². The number of nitrogens with zero attached hydrogens (tertiary/aromatic N) is 1. The van der Waals surface area contributed by atoms with Gasteiger partial charge in [0, 0.05) is 25.1 Å². The van der Waals surface area contributed by atoms with Gasteiger partial charge in [0.05, 0.1) is 16.1 Å². The first-order chi connectivity index (χ1) is 15.0. The Labute approximate surface area is 182 Å². The van der Waals surface area contributed by atoms with Crippen LogP contribution < -0.4 is 15.2 Å². The zero-order chi connectivity index (χ0) is 23.5. The number of hydrogen-bond acceptors (Lipinski definition) is 5. The monoisotopic (exact) mass is 471 g/mol. The predicted octanol–water partition coefficient (Wildman–Crippen LogP) is 2.72. The molecule has 32 heavy (non-hydrogen) atoms. The molecule has 8 nitrogen and oxygen atoms in total. The van der Waals surface area contributed by atoms with E-state index in [1.54, 1.807) is 6.07 Å². The maximum absolute atomic E-state index is 13.0. The summed E-state index contributed by atoms with van der Waals surface area (Å²) in [5, 5.41) is 0. The second kappa shape index (κ2) is 9.07. The number of halogens is 3. The van der Waals surface area contributed by atoms with Crippen LogP contribution in [0.2, 0.25) is 0 Å². The summed E-state index contributed by atoms with van der Waals surface area (Å²) in [6, 6.07) is 9.78. The summed E-state index contributed by atoms with van der Waals surface area (Å²) in [4.78, 5) is 25.3. The molecule has 0 unspecified atom stereocenters. The number of primary amides is 1. The largest absolute Gasteiger partial charge is 0.573 e. The van der Waals surface area contributed by atoms with Gasteiger partial charge in [0.25, 0.3) is 15.9 Å². The SMILES string of the molecule is NC(=O)C1CCN(C(=O)c2ccccc2NS(=O)(=O)c2cccc(OC(F)(F)F)c2)CC1. The molecule has 1 aliphatic heterocycles. The van der Waals surface area contributed by atoms with Crippen LogP contribution in [0.5, 0.6) is 5.75 Å². The van der Waals surface area contributed by atoms with Gasteiger partial charge < -0.3 is 15.4 Å². The summed E-state index contributed by atoms with van der Waals surface area (Å²) >= 11 is 0. The van der Waals surface area contributed by atoms with E-state index in [0.29, 0.717) is 12.8 Å². The van der Waals surface area contributed by atoms with Crippen molar-refractivity contribution in [3.8, 4) is 5.75 Å². The van der Waals surface area contributed by atoms with Crippen LogP contribution in [0.15, 0.2) is 53.4 Å². The first-order valence-electron chi connectivity index (χ1n) is 9.52. The number of amides is 2. The fourth-order valence-corrected chi connectivity index (χ4v) is 4.45. The zero-order valence-electron chi connectivity index (χ0n) is 16.6. The van der Waals surface area contributed by atoms with Crippen LogP contribution in [0.25, 0.3) is 0 Å². The molecule has 1 fully saturated rings. The Morgan fingerprint density at radius 1 is 1.06 bits per heavy atom. The molecule has 1 saturated heterocycles. The minimum Gasteiger partial charge on any atom is -0.406 e. The van der Waals surface area contributed by atoms with E-state index in [0.717, 1.165) is 24.3 Å². The van der Waals surface area contributed by atoms with Gasteiger partial charge in [0.1, 0.15) is 5.75 Å². The molecule has 0 saturated carbocycles. The molecule has 3 N–H and O–H groups in total. The van der Waals surface area contributed by atoms with Crippen molar-refractivity contribution in [1.29, 1.82) is 0 Å². The fraction of sp³-hybridized carbons (Fsp3) is 0.300. The van der Waals surface area contributed by atoms with E-state index < -0.39 is 38.8 Å². The van der Waals surface area contributed by atoms with E-state index in [1.165, 1.54) is 23.1 Å². The van der Waals surface area contributed by atoms with Crippen molar-refractivity contribution in [2.45, 2.75) is 24.1 Å². The lowest BCUT2D eigenvalue weighted by atomic mass is 9.96. The van der Waals surface area contributed by atoms with Crippen molar-refractivity contribution >= 4 is 27.5 Å². The number of ether oxygens (including phenoxy) is 1. The van der Waals surface area contributed by atoms with Crippen LogP contribution in [0, 0.1) is 5.92 Å². The second-order valence-electron chi connectivity index (χ2n) is 7.14. The summed E-state index contributed by atoms with van der Waals surface area (Å²) in [6.07, 6.45) is -4.17. The van der Waals surface area contributed by atoms with Crippen LogP contribution in [-0.4, -0.2) is 44.6 Å². The normalized spacial score (nSPS) is 15.3. The Morgan fingerprint density at radius 3 is 2.34 bits per heavy atom. The predicted molar refractivity (Wildman–Crippen MR) is 108 cm³/mol. The summed E-state index contributed by atoms with van der Waals surface area (Å²) in [6.45, 7) is 0.564. The minimum absolute atomic E-state index is 0.0309. The number of nitrogens with two attached hydrogens (primary N) is 1.